The van der Waals surface area contributed by atoms with Crippen LogP contribution in [-0.4, -0.2) is 21.5 Å². The fourth-order valence-electron chi connectivity index (χ4n) is 3.32. The van der Waals surface area contributed by atoms with Crippen LogP contribution in [0.15, 0.2) is 18.2 Å². The number of aliphatic hydroxyl groups is 1. The van der Waals surface area contributed by atoms with Crippen LogP contribution in [0, 0.1) is 17.3 Å². The fourth-order valence-corrected chi connectivity index (χ4v) is 4.52. The van der Waals surface area contributed by atoms with Crippen LogP contribution in [0.1, 0.15) is 72.9 Å². The van der Waals surface area contributed by atoms with E-state index < -0.39 is 16.9 Å². The first kappa shape index (κ1) is 24.8. The van der Waals surface area contributed by atoms with E-state index in [4.69, 9.17) is 11.6 Å². The molecule has 0 fully saturated rings. The average Bonchev–Trinajstić information content (AvgIpc) is 2.52. The Bertz CT molecular complexity index is 600. The van der Waals surface area contributed by atoms with Crippen molar-refractivity contribution in [2.75, 3.05) is 6.61 Å². The first-order valence-electron chi connectivity index (χ1n) is 9.90. The third kappa shape index (κ3) is 6.93. The van der Waals surface area contributed by atoms with E-state index in [0.717, 1.165) is 29.0 Å². The lowest BCUT2D eigenvalue weighted by molar-refractivity contribution is 0.110. The Morgan fingerprint density at radius 2 is 1.74 bits per heavy atom. The van der Waals surface area contributed by atoms with Crippen molar-refractivity contribution in [1.82, 2.24) is 4.72 Å². The molecular weight excluding hydrogens is 378 g/mol. The standard InChI is InChI=1S/C22H38ClNO2S/c1-15(2)19(14-25)22(8,24-27(26)16(3)4)18-10-9-17(20(23)13-18)11-12-21(5,6)7/h9-10,13,15-16,19,24-25H,11-12,14H2,1-8H3/t19?,22-,27?/m0/s1. The Hall–Kier alpha value is -0.260. The van der Waals surface area contributed by atoms with E-state index in [0.29, 0.717) is 0 Å². The molecule has 2 N–H and O–H groups in total. The van der Waals surface area contributed by atoms with Gasteiger partial charge in [0.15, 0.2) is 0 Å². The number of aliphatic hydroxyl groups excluding tert-OH is 1. The Morgan fingerprint density at radius 1 is 1.15 bits per heavy atom. The van der Waals surface area contributed by atoms with Gasteiger partial charge in [-0.05, 0) is 62.1 Å². The Kier molecular flexibility index (Phi) is 9.15. The zero-order valence-electron chi connectivity index (χ0n) is 18.2. The van der Waals surface area contributed by atoms with Gasteiger partial charge in [0.25, 0.3) is 0 Å². The molecule has 5 heteroatoms. The van der Waals surface area contributed by atoms with Crippen LogP contribution in [0.25, 0.3) is 0 Å². The minimum absolute atomic E-state index is 0.0137. The van der Waals surface area contributed by atoms with Gasteiger partial charge in [-0.25, -0.2) is 0 Å². The van der Waals surface area contributed by atoms with Crippen LogP contribution in [0.5, 0.6) is 0 Å². The molecule has 2 unspecified atom stereocenters. The topological polar surface area (TPSA) is 55.3 Å². The molecule has 0 amide bonds. The molecule has 0 spiro atoms. The summed E-state index contributed by atoms with van der Waals surface area (Å²) in [5.41, 5.74) is 1.72. The molecule has 1 rings (SSSR count). The second-order valence-corrected chi connectivity index (χ2v) is 11.7. The van der Waals surface area contributed by atoms with E-state index in [-0.39, 0.29) is 29.1 Å². The molecule has 0 aliphatic carbocycles. The first-order valence-corrected chi connectivity index (χ1v) is 11.5. The van der Waals surface area contributed by atoms with Gasteiger partial charge in [0, 0.05) is 28.9 Å². The highest BCUT2D eigenvalue weighted by Crippen LogP contribution is 2.37. The van der Waals surface area contributed by atoms with Gasteiger partial charge >= 0.3 is 0 Å². The van der Waals surface area contributed by atoms with Crippen molar-refractivity contribution in [3.63, 3.8) is 0 Å². The van der Waals surface area contributed by atoms with Crippen molar-refractivity contribution < 1.29 is 9.66 Å². The van der Waals surface area contributed by atoms with E-state index >= 15 is 0 Å². The van der Waals surface area contributed by atoms with Crippen LogP contribution in [0.4, 0.5) is 0 Å². The largest absolute Gasteiger partial charge is 0.598 e. The van der Waals surface area contributed by atoms with Gasteiger partial charge in [-0.15, -0.1) is 4.72 Å². The number of hydrogen-bond acceptors (Lipinski definition) is 3. The molecule has 1 aromatic carbocycles. The van der Waals surface area contributed by atoms with Crippen molar-refractivity contribution in [3.8, 4) is 0 Å². The van der Waals surface area contributed by atoms with E-state index in [9.17, 15) is 9.66 Å². The summed E-state index contributed by atoms with van der Waals surface area (Å²) in [6.07, 6.45) is 1.99. The molecule has 0 saturated heterocycles. The van der Waals surface area contributed by atoms with Crippen LogP contribution in [0.3, 0.4) is 0 Å². The fraction of sp³-hybridized carbons (Fsp3) is 0.727. The van der Waals surface area contributed by atoms with Gasteiger partial charge < -0.3 is 9.66 Å². The number of aryl methyl sites for hydroxylation is 1. The molecule has 1 aromatic rings. The third-order valence-corrected chi connectivity index (χ3v) is 7.11. The summed E-state index contributed by atoms with van der Waals surface area (Å²) < 4.78 is 15.9. The van der Waals surface area contributed by atoms with E-state index in [1.54, 1.807) is 0 Å². The lowest BCUT2D eigenvalue weighted by Gasteiger charge is -2.40. The normalized spacial score (nSPS) is 17.2. The summed E-state index contributed by atoms with van der Waals surface area (Å²) in [5.74, 6) is 0.132. The molecule has 0 bridgehead atoms. The zero-order chi connectivity index (χ0) is 21.0. The summed E-state index contributed by atoms with van der Waals surface area (Å²) in [5, 5.41) is 10.8. The molecule has 0 heterocycles. The van der Waals surface area contributed by atoms with Gasteiger partial charge in [0.2, 0.25) is 0 Å². The summed E-state index contributed by atoms with van der Waals surface area (Å²) in [7, 11) is 0. The number of nitrogens with one attached hydrogen (secondary N) is 1. The highest BCUT2D eigenvalue weighted by atomic mass is 35.5. The highest BCUT2D eigenvalue weighted by molar-refractivity contribution is 7.90. The van der Waals surface area contributed by atoms with Crippen LogP contribution < -0.4 is 4.72 Å². The molecule has 0 radical (unpaired) electrons. The molecule has 156 valence electrons. The van der Waals surface area contributed by atoms with Crippen molar-refractivity contribution in [2.24, 2.45) is 17.3 Å². The maximum Gasteiger partial charge on any atom is 0.129 e. The van der Waals surface area contributed by atoms with Crippen LogP contribution in [0.2, 0.25) is 5.02 Å². The predicted octanol–water partition coefficient (Wildman–Crippen LogP) is 5.46. The summed E-state index contributed by atoms with van der Waals surface area (Å²) in [6, 6.07) is 6.13. The van der Waals surface area contributed by atoms with Gasteiger partial charge in [-0.3, -0.25) is 0 Å². The number of halogens is 1. The molecule has 3 nitrogen and oxygen atoms in total. The average molecular weight is 416 g/mol. The van der Waals surface area contributed by atoms with E-state index in [2.05, 4.69) is 51.5 Å². The quantitative estimate of drug-likeness (QED) is 0.526. The van der Waals surface area contributed by atoms with Crippen molar-refractivity contribution in [2.45, 2.75) is 79.0 Å². The third-order valence-electron chi connectivity index (χ3n) is 5.28. The molecule has 0 aliphatic heterocycles. The molecule has 3 atom stereocenters. The Balaban J connectivity index is 3.27. The molecule has 27 heavy (non-hydrogen) atoms. The number of benzene rings is 1. The molecule has 0 saturated carbocycles. The van der Waals surface area contributed by atoms with Crippen molar-refractivity contribution >= 4 is 23.0 Å². The zero-order valence-corrected chi connectivity index (χ0v) is 19.8. The predicted molar refractivity (Wildman–Crippen MR) is 118 cm³/mol. The van der Waals surface area contributed by atoms with Gasteiger partial charge in [0.1, 0.15) is 5.25 Å². The van der Waals surface area contributed by atoms with E-state index in [1.165, 1.54) is 0 Å². The maximum atomic E-state index is 12.6. The van der Waals surface area contributed by atoms with Gasteiger partial charge in [-0.1, -0.05) is 58.4 Å². The smallest absolute Gasteiger partial charge is 0.129 e. The second-order valence-electron chi connectivity index (χ2n) is 9.55. The maximum absolute atomic E-state index is 12.6. The minimum atomic E-state index is -1.21. The first-order chi connectivity index (χ1) is 12.3. The molecular formula is C22H38ClNO2S. The van der Waals surface area contributed by atoms with Gasteiger partial charge in [0.05, 0.1) is 5.54 Å². The summed E-state index contributed by atoms with van der Waals surface area (Å²) in [4.78, 5) is 0. The summed E-state index contributed by atoms with van der Waals surface area (Å²) >= 11 is 5.41. The van der Waals surface area contributed by atoms with Crippen LogP contribution >= 0.6 is 11.6 Å². The number of rotatable bonds is 9. The highest BCUT2D eigenvalue weighted by Gasteiger charge is 2.42. The Morgan fingerprint density at radius 3 is 2.15 bits per heavy atom. The van der Waals surface area contributed by atoms with E-state index in [1.807, 2.05) is 26.8 Å². The molecule has 0 aliphatic rings. The van der Waals surface area contributed by atoms with Crippen molar-refractivity contribution in [1.29, 1.82) is 0 Å². The minimum Gasteiger partial charge on any atom is -0.598 e. The van der Waals surface area contributed by atoms with Crippen LogP contribution in [-0.2, 0) is 23.3 Å². The van der Waals surface area contributed by atoms with Crippen molar-refractivity contribution in [3.05, 3.63) is 34.3 Å². The van der Waals surface area contributed by atoms with Gasteiger partial charge in [-0.2, -0.15) is 0 Å². The lowest BCUT2D eigenvalue weighted by atomic mass is 9.74. The SMILES string of the molecule is CC(C)C(CO)[C@@](C)(N[S+]([O-])C(C)C)c1ccc(CCC(C)(C)C)c(Cl)c1. The Labute approximate surface area is 174 Å². The monoisotopic (exact) mass is 415 g/mol. The summed E-state index contributed by atoms with van der Waals surface area (Å²) in [6.45, 7) is 16.7. The molecule has 0 aromatic heterocycles. The number of hydrogen-bond donors (Lipinski definition) is 2. The lowest BCUT2D eigenvalue weighted by Crippen LogP contribution is -2.53. The second kappa shape index (κ2) is 9.98.